The van der Waals surface area contributed by atoms with Crippen LogP contribution in [-0.2, 0) is 19.1 Å². The summed E-state index contributed by atoms with van der Waals surface area (Å²) in [7, 11) is 0. The number of hydrogen-bond acceptors (Lipinski definition) is 4. The first-order valence-electron chi connectivity index (χ1n) is 8.64. The number of aryl methyl sites for hydroxylation is 1. The largest absolute Gasteiger partial charge is 0.456 e. The molecule has 2 aromatic carbocycles. The average Bonchev–Trinajstić information content (AvgIpc) is 2.69. The van der Waals surface area contributed by atoms with E-state index in [4.69, 9.17) is 27.9 Å². The fourth-order valence-electron chi connectivity index (χ4n) is 2.52. The van der Waals surface area contributed by atoms with Crippen LogP contribution in [0.3, 0.4) is 0 Å². The normalized spacial score (nSPS) is 11.4. The van der Waals surface area contributed by atoms with E-state index < -0.39 is 11.7 Å². The molecule has 3 aromatic rings. The summed E-state index contributed by atoms with van der Waals surface area (Å²) < 4.78 is 43.7. The van der Waals surface area contributed by atoms with Crippen LogP contribution in [0.2, 0.25) is 10.0 Å². The van der Waals surface area contributed by atoms with E-state index in [0.29, 0.717) is 29.6 Å². The summed E-state index contributed by atoms with van der Waals surface area (Å²) in [6.07, 6.45) is -2.30. The average molecular weight is 442 g/mol. The Hall–Kier alpha value is -2.51. The molecule has 0 atom stereocenters. The quantitative estimate of drug-likeness (QED) is 0.458. The van der Waals surface area contributed by atoms with Crippen LogP contribution in [0.4, 0.5) is 19.0 Å². The highest BCUT2D eigenvalue weighted by molar-refractivity contribution is 6.33. The minimum atomic E-state index is -4.46. The Balaban J connectivity index is 1.65. The Kier molecular flexibility index (Phi) is 6.49. The summed E-state index contributed by atoms with van der Waals surface area (Å²) in [6.45, 7) is 2.43. The second-order valence-electron chi connectivity index (χ2n) is 6.08. The number of alkyl halides is 3. The van der Waals surface area contributed by atoms with Gasteiger partial charge in [0, 0.05) is 6.54 Å². The lowest BCUT2D eigenvalue weighted by Crippen LogP contribution is -2.04. The highest BCUT2D eigenvalue weighted by Crippen LogP contribution is 2.36. The molecule has 0 radical (unpaired) electrons. The maximum atomic E-state index is 12.7. The molecular formula is C20H16Cl2F3N3O. The number of benzene rings is 2. The van der Waals surface area contributed by atoms with Crippen LogP contribution in [0.15, 0.2) is 48.8 Å². The number of anilines is 1. The standard InChI is InChI=1S/C20H16Cl2F3N3O/c1-2-16-18(22)19(28-11-27-16)26-10-12-3-6-14(7-4-12)29-17-8-5-13(9-15(17)21)20(23,24)25/h3-9,11H,2,10H2,1H3,(H,26,27,28). The molecule has 0 aliphatic heterocycles. The Morgan fingerprint density at radius 2 is 1.76 bits per heavy atom. The maximum Gasteiger partial charge on any atom is 0.416 e. The van der Waals surface area contributed by atoms with Gasteiger partial charge >= 0.3 is 6.18 Å². The van der Waals surface area contributed by atoms with E-state index in [0.717, 1.165) is 23.4 Å². The van der Waals surface area contributed by atoms with E-state index in [1.54, 1.807) is 12.1 Å². The summed E-state index contributed by atoms with van der Waals surface area (Å²) >= 11 is 12.2. The van der Waals surface area contributed by atoms with Crippen LogP contribution >= 0.6 is 23.2 Å². The minimum absolute atomic E-state index is 0.115. The predicted molar refractivity (Wildman–Crippen MR) is 107 cm³/mol. The van der Waals surface area contributed by atoms with Gasteiger partial charge in [0.05, 0.1) is 16.3 Å². The van der Waals surface area contributed by atoms with Crippen molar-refractivity contribution in [3.63, 3.8) is 0 Å². The van der Waals surface area contributed by atoms with Gasteiger partial charge in [0.25, 0.3) is 0 Å². The van der Waals surface area contributed by atoms with E-state index in [9.17, 15) is 13.2 Å². The van der Waals surface area contributed by atoms with Crippen LogP contribution in [0.1, 0.15) is 23.7 Å². The molecule has 1 heterocycles. The fraction of sp³-hybridized carbons (Fsp3) is 0.200. The van der Waals surface area contributed by atoms with Crippen molar-refractivity contribution in [1.82, 2.24) is 9.97 Å². The summed E-state index contributed by atoms with van der Waals surface area (Å²) in [5.41, 5.74) is 0.871. The molecule has 0 aliphatic carbocycles. The van der Waals surface area contributed by atoms with Crippen molar-refractivity contribution in [2.75, 3.05) is 5.32 Å². The molecule has 0 unspecified atom stereocenters. The monoisotopic (exact) mass is 441 g/mol. The van der Waals surface area contributed by atoms with Crippen molar-refractivity contribution in [2.45, 2.75) is 26.1 Å². The number of aromatic nitrogens is 2. The number of halogens is 5. The highest BCUT2D eigenvalue weighted by atomic mass is 35.5. The molecule has 0 amide bonds. The number of ether oxygens (including phenoxy) is 1. The first kappa shape index (κ1) is 21.2. The first-order valence-corrected chi connectivity index (χ1v) is 9.40. The van der Waals surface area contributed by atoms with Gasteiger partial charge in [-0.05, 0) is 42.3 Å². The summed E-state index contributed by atoms with van der Waals surface area (Å²) in [4.78, 5) is 8.25. The lowest BCUT2D eigenvalue weighted by atomic mass is 10.2. The lowest BCUT2D eigenvalue weighted by Gasteiger charge is -2.12. The van der Waals surface area contributed by atoms with Gasteiger partial charge in [0.1, 0.15) is 28.7 Å². The second kappa shape index (κ2) is 8.88. The third kappa shape index (κ3) is 5.31. The number of nitrogens with one attached hydrogen (secondary N) is 1. The number of rotatable bonds is 6. The van der Waals surface area contributed by atoms with E-state index in [1.165, 1.54) is 12.4 Å². The van der Waals surface area contributed by atoms with Gasteiger partial charge < -0.3 is 10.1 Å². The summed E-state index contributed by atoms with van der Waals surface area (Å²) in [5, 5.41) is 3.53. The van der Waals surface area contributed by atoms with Gasteiger partial charge in [-0.3, -0.25) is 0 Å². The molecule has 4 nitrogen and oxygen atoms in total. The van der Waals surface area contributed by atoms with Gasteiger partial charge in [-0.25, -0.2) is 9.97 Å². The Morgan fingerprint density at radius 3 is 2.38 bits per heavy atom. The smallest absolute Gasteiger partial charge is 0.416 e. The van der Waals surface area contributed by atoms with Crippen LogP contribution in [0, 0.1) is 0 Å². The first-order chi connectivity index (χ1) is 13.8. The number of hydrogen-bond donors (Lipinski definition) is 1. The molecule has 0 spiro atoms. The molecule has 1 aromatic heterocycles. The summed E-state index contributed by atoms with van der Waals surface area (Å²) in [5.74, 6) is 1.14. The SMILES string of the molecule is CCc1ncnc(NCc2ccc(Oc3ccc(C(F)(F)F)cc3Cl)cc2)c1Cl. The van der Waals surface area contributed by atoms with Crippen LogP contribution in [0.25, 0.3) is 0 Å². The van der Waals surface area contributed by atoms with Crippen molar-refractivity contribution in [3.8, 4) is 11.5 Å². The van der Waals surface area contributed by atoms with Crippen LogP contribution in [0.5, 0.6) is 11.5 Å². The van der Waals surface area contributed by atoms with E-state index in [-0.39, 0.29) is 10.8 Å². The van der Waals surface area contributed by atoms with Crippen molar-refractivity contribution >= 4 is 29.0 Å². The van der Waals surface area contributed by atoms with Crippen molar-refractivity contribution in [1.29, 1.82) is 0 Å². The topological polar surface area (TPSA) is 47.0 Å². The van der Waals surface area contributed by atoms with Gasteiger partial charge in [-0.1, -0.05) is 42.3 Å². The fourth-order valence-corrected chi connectivity index (χ4v) is 3.04. The van der Waals surface area contributed by atoms with Gasteiger partial charge in [0.15, 0.2) is 0 Å². The second-order valence-corrected chi connectivity index (χ2v) is 6.86. The van der Waals surface area contributed by atoms with Crippen LogP contribution < -0.4 is 10.1 Å². The van der Waals surface area contributed by atoms with Gasteiger partial charge in [-0.15, -0.1) is 0 Å². The third-order valence-corrected chi connectivity index (χ3v) is 4.76. The Morgan fingerprint density at radius 1 is 1.03 bits per heavy atom. The minimum Gasteiger partial charge on any atom is -0.456 e. The molecule has 29 heavy (non-hydrogen) atoms. The van der Waals surface area contributed by atoms with Crippen molar-refractivity contribution in [3.05, 3.63) is 75.7 Å². The molecule has 3 rings (SSSR count). The molecule has 0 saturated heterocycles. The van der Waals surface area contributed by atoms with Gasteiger partial charge in [-0.2, -0.15) is 13.2 Å². The molecule has 0 fully saturated rings. The maximum absolute atomic E-state index is 12.7. The zero-order chi connectivity index (χ0) is 21.0. The van der Waals surface area contributed by atoms with Crippen LogP contribution in [-0.4, -0.2) is 9.97 Å². The molecule has 152 valence electrons. The Bertz CT molecular complexity index is 995. The number of nitrogens with zero attached hydrogens (tertiary/aromatic N) is 2. The van der Waals surface area contributed by atoms with Crippen molar-refractivity contribution in [2.24, 2.45) is 0 Å². The zero-order valence-electron chi connectivity index (χ0n) is 15.2. The molecule has 0 bridgehead atoms. The zero-order valence-corrected chi connectivity index (χ0v) is 16.7. The molecule has 0 saturated carbocycles. The predicted octanol–water partition coefficient (Wildman–Crippen LogP) is 6.77. The molecule has 0 aliphatic rings. The highest BCUT2D eigenvalue weighted by Gasteiger charge is 2.31. The lowest BCUT2D eigenvalue weighted by molar-refractivity contribution is -0.137. The van der Waals surface area contributed by atoms with Gasteiger partial charge in [0.2, 0.25) is 0 Å². The molecule has 1 N–H and O–H groups in total. The van der Waals surface area contributed by atoms with E-state index >= 15 is 0 Å². The van der Waals surface area contributed by atoms with Crippen molar-refractivity contribution < 1.29 is 17.9 Å². The third-order valence-electron chi connectivity index (χ3n) is 4.07. The van der Waals surface area contributed by atoms with E-state index in [2.05, 4.69) is 15.3 Å². The summed E-state index contributed by atoms with van der Waals surface area (Å²) in [6, 6.07) is 9.99. The molecular weight excluding hydrogens is 426 g/mol. The Labute approximate surface area is 175 Å². The molecule has 9 heteroatoms. The van der Waals surface area contributed by atoms with E-state index in [1.807, 2.05) is 19.1 Å².